The van der Waals surface area contributed by atoms with E-state index in [1.807, 2.05) is 11.8 Å². The third-order valence-electron chi connectivity index (χ3n) is 11.2. The standard InChI is InChI=1S/C35H38F3N5O4/c1-2-23-27(37)5-4-18-9-22(45)10-24(28(18)23)30-29(38)31-25(12-39-30)33(42-13-19-8-20(14-42)32(46)26(19)16-44)41-34(40-31)47-17-35-6-3-7-43(35)15-21(36)11-35/h4-5,9-10,12,19-21,26,32,44-46H,2-3,6-8,11,13-17H2,1H3/t19-,20+,21+,26?,32-,35-/m0/s1. The normalized spacial score (nSPS) is 28.9. The molecule has 0 spiro atoms. The maximum absolute atomic E-state index is 16.9. The predicted octanol–water partition coefficient (Wildman–Crippen LogP) is 4.77. The molecule has 8 rings (SSSR count). The molecule has 47 heavy (non-hydrogen) atoms. The van der Waals surface area contributed by atoms with Crippen molar-refractivity contribution in [3.8, 4) is 23.0 Å². The fourth-order valence-corrected chi connectivity index (χ4v) is 8.99. The van der Waals surface area contributed by atoms with Crippen LogP contribution in [-0.4, -0.2) is 92.4 Å². The van der Waals surface area contributed by atoms with Gasteiger partial charge >= 0.3 is 6.01 Å². The van der Waals surface area contributed by atoms with Crippen molar-refractivity contribution in [2.24, 2.45) is 17.8 Å². The molecule has 1 saturated carbocycles. The summed E-state index contributed by atoms with van der Waals surface area (Å²) in [6.45, 7) is 3.93. The van der Waals surface area contributed by atoms with Crippen LogP contribution in [0.2, 0.25) is 0 Å². The Kier molecular flexibility index (Phi) is 7.45. The summed E-state index contributed by atoms with van der Waals surface area (Å²) >= 11 is 0. The topological polar surface area (TPSA) is 115 Å². The Morgan fingerprint density at radius 2 is 1.94 bits per heavy atom. The van der Waals surface area contributed by atoms with Gasteiger partial charge in [0, 0.05) is 56.3 Å². The fourth-order valence-electron chi connectivity index (χ4n) is 8.99. The number of phenols is 1. The van der Waals surface area contributed by atoms with Gasteiger partial charge in [0.25, 0.3) is 0 Å². The highest BCUT2D eigenvalue weighted by molar-refractivity contribution is 6.01. The molecule has 0 radical (unpaired) electrons. The number of fused-ring (bicyclic) bond motifs is 5. The Labute approximate surface area is 270 Å². The van der Waals surface area contributed by atoms with Gasteiger partial charge in [-0.05, 0) is 72.7 Å². The average molecular weight is 650 g/mol. The van der Waals surface area contributed by atoms with Gasteiger partial charge in [-0.1, -0.05) is 13.0 Å². The zero-order chi connectivity index (χ0) is 32.6. The van der Waals surface area contributed by atoms with E-state index in [1.54, 1.807) is 6.07 Å². The van der Waals surface area contributed by atoms with Crippen LogP contribution in [0.15, 0.2) is 30.5 Å². The van der Waals surface area contributed by atoms with Gasteiger partial charge in [0.05, 0.1) is 17.0 Å². The summed E-state index contributed by atoms with van der Waals surface area (Å²) in [5, 5.41) is 32.8. The number of alkyl halides is 1. The molecule has 2 aromatic carbocycles. The van der Waals surface area contributed by atoms with Crippen molar-refractivity contribution in [1.29, 1.82) is 0 Å². The second kappa shape index (κ2) is 11.5. The summed E-state index contributed by atoms with van der Waals surface area (Å²) in [6, 6.07) is 5.73. The van der Waals surface area contributed by atoms with Crippen molar-refractivity contribution >= 4 is 27.5 Å². The first-order chi connectivity index (χ1) is 22.7. The zero-order valence-corrected chi connectivity index (χ0v) is 26.2. The highest BCUT2D eigenvalue weighted by Crippen LogP contribution is 2.45. The minimum absolute atomic E-state index is 0.0205. The second-order valence-corrected chi connectivity index (χ2v) is 13.8. The van der Waals surface area contributed by atoms with Gasteiger partial charge in [-0.15, -0.1) is 0 Å². The second-order valence-electron chi connectivity index (χ2n) is 13.8. The summed E-state index contributed by atoms with van der Waals surface area (Å²) in [5.41, 5.74) is 0.0109. The molecule has 12 heteroatoms. The van der Waals surface area contributed by atoms with Gasteiger partial charge in [0.1, 0.15) is 41.4 Å². The van der Waals surface area contributed by atoms with Crippen LogP contribution in [0.1, 0.15) is 38.2 Å². The Bertz CT molecular complexity index is 1880. The van der Waals surface area contributed by atoms with Crippen LogP contribution in [0.5, 0.6) is 11.8 Å². The van der Waals surface area contributed by atoms with Crippen molar-refractivity contribution in [1.82, 2.24) is 19.9 Å². The van der Waals surface area contributed by atoms with Crippen molar-refractivity contribution < 1.29 is 33.2 Å². The lowest BCUT2D eigenvalue weighted by Crippen LogP contribution is -2.43. The number of hydrogen-bond donors (Lipinski definition) is 3. The molecule has 0 amide bonds. The van der Waals surface area contributed by atoms with E-state index in [2.05, 4.69) is 14.9 Å². The third-order valence-corrected chi connectivity index (χ3v) is 11.2. The Morgan fingerprint density at radius 3 is 2.74 bits per heavy atom. The number of aromatic nitrogens is 3. The van der Waals surface area contributed by atoms with Crippen LogP contribution in [0.3, 0.4) is 0 Å². The smallest absolute Gasteiger partial charge is 0.319 e. The molecule has 4 fully saturated rings. The number of anilines is 1. The molecular weight excluding hydrogens is 611 g/mol. The number of aliphatic hydroxyl groups is 2. The Hall–Kier alpha value is -3.74. The third kappa shape index (κ3) is 4.90. The first-order valence-electron chi connectivity index (χ1n) is 16.6. The number of hydrogen-bond acceptors (Lipinski definition) is 9. The number of ether oxygens (including phenoxy) is 1. The van der Waals surface area contributed by atoms with Gasteiger partial charge in [-0.2, -0.15) is 9.97 Å². The van der Waals surface area contributed by atoms with E-state index in [4.69, 9.17) is 9.72 Å². The quantitative estimate of drug-likeness (QED) is 0.261. The molecule has 248 valence electrons. The number of aromatic hydroxyl groups is 1. The summed E-state index contributed by atoms with van der Waals surface area (Å²) in [6.07, 6.45) is 3.09. The van der Waals surface area contributed by atoms with Crippen molar-refractivity contribution in [2.45, 2.75) is 56.8 Å². The minimum atomic E-state index is -0.942. The minimum Gasteiger partial charge on any atom is -0.508 e. The number of nitrogens with zero attached hydrogens (tertiary/aromatic N) is 5. The number of aliphatic hydroxyl groups excluding tert-OH is 2. The highest BCUT2D eigenvalue weighted by atomic mass is 19.1. The molecule has 2 aromatic heterocycles. The molecule has 9 nitrogen and oxygen atoms in total. The molecular formula is C35H38F3N5O4. The number of rotatable bonds is 7. The van der Waals surface area contributed by atoms with E-state index in [1.165, 1.54) is 24.4 Å². The van der Waals surface area contributed by atoms with Crippen LogP contribution in [-0.2, 0) is 6.42 Å². The molecule has 4 aliphatic rings. The van der Waals surface area contributed by atoms with Gasteiger partial charge in [-0.3, -0.25) is 9.88 Å². The number of halogens is 3. The Morgan fingerprint density at radius 1 is 1.11 bits per heavy atom. The van der Waals surface area contributed by atoms with E-state index < -0.39 is 29.4 Å². The van der Waals surface area contributed by atoms with E-state index in [9.17, 15) is 24.1 Å². The maximum atomic E-state index is 16.9. The number of aryl methyl sites for hydroxylation is 1. The molecule has 1 aliphatic carbocycles. The van der Waals surface area contributed by atoms with E-state index in [0.717, 1.165) is 25.8 Å². The van der Waals surface area contributed by atoms with Crippen molar-refractivity contribution in [2.75, 3.05) is 44.3 Å². The summed E-state index contributed by atoms with van der Waals surface area (Å²) in [4.78, 5) is 18.0. The molecule has 1 unspecified atom stereocenters. The van der Waals surface area contributed by atoms with Crippen molar-refractivity contribution in [3.63, 3.8) is 0 Å². The van der Waals surface area contributed by atoms with E-state index in [-0.39, 0.29) is 59.5 Å². The van der Waals surface area contributed by atoms with Crippen LogP contribution < -0.4 is 9.64 Å². The van der Waals surface area contributed by atoms with Crippen LogP contribution in [0, 0.1) is 29.4 Å². The van der Waals surface area contributed by atoms with Crippen LogP contribution in [0.4, 0.5) is 19.0 Å². The van der Waals surface area contributed by atoms with Crippen LogP contribution in [0.25, 0.3) is 32.9 Å². The van der Waals surface area contributed by atoms with Gasteiger partial charge in [0.15, 0.2) is 5.82 Å². The molecule has 4 aromatic rings. The molecule has 3 saturated heterocycles. The zero-order valence-electron chi connectivity index (χ0n) is 26.2. The molecule has 6 atom stereocenters. The van der Waals surface area contributed by atoms with Crippen LogP contribution >= 0.6 is 0 Å². The lowest BCUT2D eigenvalue weighted by atomic mass is 9.94. The summed E-state index contributed by atoms with van der Waals surface area (Å²) < 4.78 is 52.6. The average Bonchev–Trinajstić information content (AvgIpc) is 3.66. The lowest BCUT2D eigenvalue weighted by Gasteiger charge is -2.34. The number of phenolic OH excluding ortho intramolecular Hbond substituents is 1. The van der Waals surface area contributed by atoms with Gasteiger partial charge < -0.3 is 25.0 Å². The molecule has 3 N–H and O–H groups in total. The first-order valence-corrected chi connectivity index (χ1v) is 16.6. The monoisotopic (exact) mass is 649 g/mol. The largest absolute Gasteiger partial charge is 0.508 e. The SMILES string of the molecule is CCc1c(F)ccc2cc(O)cc(-c3ncc4c(N5C[C@@H]6C[C@H](C5)[C@H](O)C6CO)nc(OC[C@@]56CCCN5C[C@H](F)C6)nc4c3F)c12. The fraction of sp³-hybridized carbons (Fsp3) is 0.514. The Balaban J connectivity index is 1.27. The van der Waals surface area contributed by atoms with Crippen molar-refractivity contribution in [3.05, 3.63) is 47.7 Å². The number of benzene rings is 2. The van der Waals surface area contributed by atoms with Gasteiger partial charge in [-0.25, -0.2) is 13.2 Å². The summed E-state index contributed by atoms with van der Waals surface area (Å²) in [7, 11) is 0. The molecule has 5 heterocycles. The van der Waals surface area contributed by atoms with E-state index >= 15 is 4.39 Å². The molecule has 2 bridgehead atoms. The number of piperidine rings is 1. The first kappa shape index (κ1) is 30.6. The maximum Gasteiger partial charge on any atom is 0.319 e. The van der Waals surface area contributed by atoms with Gasteiger partial charge in [0.2, 0.25) is 0 Å². The summed E-state index contributed by atoms with van der Waals surface area (Å²) in [5.74, 6) is -1.24. The van der Waals surface area contributed by atoms with E-state index in [0.29, 0.717) is 60.0 Å². The number of pyridine rings is 1. The predicted molar refractivity (Wildman–Crippen MR) is 170 cm³/mol. The highest BCUT2D eigenvalue weighted by Gasteiger charge is 2.50. The lowest BCUT2D eigenvalue weighted by molar-refractivity contribution is 0.0586. The molecule has 3 aliphatic heterocycles.